The third-order valence-electron chi connectivity index (χ3n) is 2.97. The topological polar surface area (TPSA) is 92.1 Å². The highest BCUT2D eigenvalue weighted by Crippen LogP contribution is 2.25. The summed E-state index contributed by atoms with van der Waals surface area (Å²) >= 11 is 0. The zero-order valence-electron chi connectivity index (χ0n) is 12.4. The molecule has 2 aliphatic rings. The van der Waals surface area contributed by atoms with Crippen LogP contribution in [0.3, 0.4) is 0 Å². The van der Waals surface area contributed by atoms with E-state index >= 15 is 0 Å². The number of carbonyl (C=O) groups is 2. The van der Waals surface area contributed by atoms with Gasteiger partial charge in [-0.25, -0.2) is 4.99 Å². The predicted octanol–water partition coefficient (Wildman–Crippen LogP) is 0.584. The summed E-state index contributed by atoms with van der Waals surface area (Å²) in [5, 5.41) is 5.68. The molecule has 2 radical (unpaired) electrons. The molecule has 2 aliphatic heterocycles. The lowest BCUT2D eigenvalue weighted by Crippen LogP contribution is -2.47. The molecule has 22 heavy (non-hydrogen) atoms. The number of hydrogen-bond acceptors (Lipinski definition) is 7. The van der Waals surface area contributed by atoms with Gasteiger partial charge in [0.1, 0.15) is 6.04 Å². The van der Waals surface area contributed by atoms with Gasteiger partial charge < -0.3 is 15.4 Å². The van der Waals surface area contributed by atoms with Crippen LogP contribution < -0.4 is 10.6 Å². The molecular formula is C13H18N4O3S2. The molecular weight excluding hydrogens is 324 g/mol. The molecule has 2 N–H and O–H groups in total. The van der Waals surface area contributed by atoms with E-state index in [-0.39, 0.29) is 23.9 Å². The monoisotopic (exact) mass is 342 g/mol. The minimum atomic E-state index is -0.223. The molecule has 0 saturated carbocycles. The fourth-order valence-electron chi connectivity index (χ4n) is 1.84. The lowest BCUT2D eigenvalue weighted by atomic mass is 10.2. The third kappa shape index (κ3) is 4.91. The summed E-state index contributed by atoms with van der Waals surface area (Å²) in [4.78, 5) is 30.7. The molecule has 2 rings (SSSR count). The highest BCUT2D eigenvalue weighted by molar-refractivity contribution is 8.76. The number of nitrogens with zero attached hydrogens (tertiary/aromatic N) is 2. The van der Waals surface area contributed by atoms with Crippen molar-refractivity contribution in [3.63, 3.8) is 0 Å². The lowest BCUT2D eigenvalue weighted by Gasteiger charge is -2.24. The van der Waals surface area contributed by atoms with E-state index in [1.807, 2.05) is 13.8 Å². The van der Waals surface area contributed by atoms with Crippen LogP contribution in [0.5, 0.6) is 0 Å². The van der Waals surface area contributed by atoms with Gasteiger partial charge in [0.15, 0.2) is 13.1 Å². The zero-order valence-corrected chi connectivity index (χ0v) is 14.0. The highest BCUT2D eigenvalue weighted by atomic mass is 33.1. The van der Waals surface area contributed by atoms with Crippen molar-refractivity contribution < 1.29 is 14.3 Å². The second kappa shape index (κ2) is 8.42. The normalized spacial score (nSPS) is 25.0. The Morgan fingerprint density at radius 3 is 2.36 bits per heavy atom. The van der Waals surface area contributed by atoms with Gasteiger partial charge in [-0.15, -0.1) is 0 Å². The van der Waals surface area contributed by atoms with E-state index in [1.165, 1.54) is 13.1 Å². The van der Waals surface area contributed by atoms with Crippen LogP contribution in [-0.4, -0.2) is 53.6 Å². The summed E-state index contributed by atoms with van der Waals surface area (Å²) in [5.74, 6) is 1.52. The standard InChI is InChI=1S/C13H18N4O3S2/c1-3-20-13-10(17-12(19)5-15-13)7-22-21-6-9-8(2)14-4-11(18)16-9/h4-5,9-10H,3,6-7H2,1-2H3,(H,16,18)(H,17,19)/t9-,10+/m1/s1. The number of amides is 2. The largest absolute Gasteiger partial charge is 0.480 e. The molecule has 0 saturated heterocycles. The van der Waals surface area contributed by atoms with Gasteiger partial charge in [-0.3, -0.25) is 14.6 Å². The zero-order chi connectivity index (χ0) is 15.9. The van der Waals surface area contributed by atoms with E-state index in [1.54, 1.807) is 21.6 Å². The molecule has 0 bridgehead atoms. The highest BCUT2D eigenvalue weighted by Gasteiger charge is 2.25. The Hall–Kier alpha value is -1.22. The van der Waals surface area contributed by atoms with Gasteiger partial charge in [0.25, 0.3) is 0 Å². The van der Waals surface area contributed by atoms with E-state index < -0.39 is 0 Å². The Kier molecular flexibility index (Phi) is 6.56. The fraction of sp³-hybridized carbons (Fsp3) is 0.538. The minimum absolute atomic E-state index is 0.0516. The Balaban J connectivity index is 1.75. The van der Waals surface area contributed by atoms with E-state index in [4.69, 9.17) is 4.74 Å². The molecule has 0 aromatic rings. The average Bonchev–Trinajstić information content (AvgIpc) is 2.49. The molecule has 0 unspecified atom stereocenters. The molecule has 2 heterocycles. The summed E-state index contributed by atoms with van der Waals surface area (Å²) in [6.45, 7) is 6.80. The Morgan fingerprint density at radius 2 is 1.68 bits per heavy atom. The number of aliphatic imine (C=N–C) groups is 2. The van der Waals surface area contributed by atoms with E-state index in [0.29, 0.717) is 24.0 Å². The molecule has 0 fully saturated rings. The Bertz CT molecular complexity index is 496. The quantitative estimate of drug-likeness (QED) is 0.544. The summed E-state index contributed by atoms with van der Waals surface area (Å²) in [6, 6.07) is -0.275. The summed E-state index contributed by atoms with van der Waals surface area (Å²) in [6.07, 6.45) is 0. The van der Waals surface area contributed by atoms with Crippen molar-refractivity contribution in [1.29, 1.82) is 0 Å². The van der Waals surface area contributed by atoms with Crippen LogP contribution in [0.15, 0.2) is 9.98 Å². The Morgan fingerprint density at radius 1 is 1.09 bits per heavy atom. The molecule has 0 aromatic heterocycles. The molecule has 0 aromatic carbocycles. The van der Waals surface area contributed by atoms with E-state index in [0.717, 1.165) is 5.71 Å². The molecule has 120 valence electrons. The maximum absolute atomic E-state index is 11.4. The van der Waals surface area contributed by atoms with Crippen molar-refractivity contribution >= 4 is 45.0 Å². The van der Waals surface area contributed by atoms with Gasteiger partial charge >= 0.3 is 0 Å². The summed E-state index contributed by atoms with van der Waals surface area (Å²) in [5.41, 5.74) is 0.893. The first-order valence-corrected chi connectivity index (χ1v) is 9.35. The third-order valence-corrected chi connectivity index (χ3v) is 5.40. The van der Waals surface area contributed by atoms with Gasteiger partial charge in [-0.1, -0.05) is 21.6 Å². The molecule has 0 aliphatic carbocycles. The molecule has 9 heteroatoms. The average molecular weight is 342 g/mol. The van der Waals surface area contributed by atoms with Crippen molar-refractivity contribution in [3.8, 4) is 0 Å². The van der Waals surface area contributed by atoms with Gasteiger partial charge in [0.2, 0.25) is 17.7 Å². The number of ether oxygens (including phenoxy) is 1. The van der Waals surface area contributed by atoms with Crippen LogP contribution in [0.25, 0.3) is 0 Å². The predicted molar refractivity (Wildman–Crippen MR) is 89.5 cm³/mol. The molecule has 2 atom stereocenters. The number of nitrogens with one attached hydrogen (secondary N) is 2. The van der Waals surface area contributed by atoms with E-state index in [9.17, 15) is 9.59 Å². The van der Waals surface area contributed by atoms with Crippen molar-refractivity contribution in [3.05, 3.63) is 13.1 Å². The van der Waals surface area contributed by atoms with Gasteiger partial charge in [-0.2, -0.15) is 0 Å². The first-order valence-electron chi connectivity index (χ1n) is 6.86. The Labute approximate surface area is 137 Å². The van der Waals surface area contributed by atoms with Crippen LogP contribution in [-0.2, 0) is 14.3 Å². The van der Waals surface area contributed by atoms with Crippen LogP contribution >= 0.6 is 21.6 Å². The second-order valence-electron chi connectivity index (χ2n) is 4.62. The van der Waals surface area contributed by atoms with Crippen LogP contribution in [0, 0.1) is 13.1 Å². The molecule has 7 nitrogen and oxygen atoms in total. The SMILES string of the molecule is CCOC1=N[CH]C(=O)N[C@H]1CSSC[C@H]1NC(=O)[CH]N=C1C. The summed E-state index contributed by atoms with van der Waals surface area (Å²) in [7, 11) is 3.21. The van der Waals surface area contributed by atoms with Crippen molar-refractivity contribution in [1.82, 2.24) is 10.6 Å². The van der Waals surface area contributed by atoms with Crippen molar-refractivity contribution in [2.24, 2.45) is 9.98 Å². The molecule has 0 spiro atoms. The van der Waals surface area contributed by atoms with Crippen LogP contribution in [0.4, 0.5) is 0 Å². The van der Waals surface area contributed by atoms with E-state index in [2.05, 4.69) is 20.6 Å². The maximum Gasteiger partial charge on any atom is 0.248 e. The second-order valence-corrected chi connectivity index (χ2v) is 7.17. The van der Waals surface area contributed by atoms with Gasteiger partial charge in [-0.05, 0) is 13.8 Å². The first kappa shape index (κ1) is 17.1. The fourth-order valence-corrected chi connectivity index (χ4v) is 4.25. The number of carbonyl (C=O) groups excluding carboxylic acids is 2. The maximum atomic E-state index is 11.4. The number of rotatable bonds is 6. The lowest BCUT2D eigenvalue weighted by molar-refractivity contribution is -0.119. The smallest absolute Gasteiger partial charge is 0.248 e. The summed E-state index contributed by atoms with van der Waals surface area (Å²) < 4.78 is 5.42. The van der Waals surface area contributed by atoms with Crippen molar-refractivity contribution in [2.75, 3.05) is 18.1 Å². The first-order chi connectivity index (χ1) is 10.6. The number of hydrogen-bond donors (Lipinski definition) is 2. The van der Waals surface area contributed by atoms with Gasteiger partial charge in [0, 0.05) is 17.2 Å². The van der Waals surface area contributed by atoms with Crippen LogP contribution in [0.2, 0.25) is 0 Å². The minimum Gasteiger partial charge on any atom is -0.480 e. The van der Waals surface area contributed by atoms with Crippen LogP contribution in [0.1, 0.15) is 13.8 Å². The van der Waals surface area contributed by atoms with Gasteiger partial charge in [0.05, 0.1) is 12.6 Å². The molecule has 2 amide bonds. The van der Waals surface area contributed by atoms with Crippen molar-refractivity contribution in [2.45, 2.75) is 25.9 Å².